The average molecular weight is 381 g/mol. The quantitative estimate of drug-likeness (QED) is 0.701. The Hall–Kier alpha value is -3.22. The summed E-state index contributed by atoms with van der Waals surface area (Å²) in [6.45, 7) is 4.50. The van der Waals surface area contributed by atoms with Gasteiger partial charge in [0.25, 0.3) is 5.91 Å². The molecule has 0 fully saturated rings. The second kappa shape index (κ2) is 7.07. The normalized spacial score (nSPS) is 12.7. The average Bonchev–Trinajstić information content (AvgIpc) is 3.30. The number of aromatic amines is 1. The summed E-state index contributed by atoms with van der Waals surface area (Å²) in [5.74, 6) is 1.42. The van der Waals surface area contributed by atoms with Gasteiger partial charge in [-0.25, -0.2) is 0 Å². The topological polar surface area (TPSA) is 87.7 Å². The number of H-pyrrole nitrogens is 1. The highest BCUT2D eigenvalue weighted by atomic mass is 16.7. The van der Waals surface area contributed by atoms with Gasteiger partial charge in [-0.05, 0) is 37.0 Å². The van der Waals surface area contributed by atoms with Gasteiger partial charge >= 0.3 is 0 Å². The lowest BCUT2D eigenvalue weighted by Gasteiger charge is -2.18. The van der Waals surface area contributed by atoms with Crippen molar-refractivity contribution < 1.29 is 19.4 Å². The van der Waals surface area contributed by atoms with Gasteiger partial charge < -0.3 is 19.5 Å². The van der Waals surface area contributed by atoms with E-state index in [1.54, 1.807) is 37.4 Å². The lowest BCUT2D eigenvalue weighted by atomic mass is 10.0. The van der Waals surface area contributed by atoms with E-state index < -0.39 is 0 Å². The number of anilines is 1. The Morgan fingerprint density at radius 2 is 2.04 bits per heavy atom. The fourth-order valence-electron chi connectivity index (χ4n) is 3.29. The Kier molecular flexibility index (Phi) is 4.58. The lowest BCUT2D eigenvalue weighted by molar-refractivity contribution is 0.0990. The monoisotopic (exact) mass is 381 g/mol. The summed E-state index contributed by atoms with van der Waals surface area (Å²) >= 11 is 0. The van der Waals surface area contributed by atoms with Crippen LogP contribution >= 0.6 is 0 Å². The highest BCUT2D eigenvalue weighted by Gasteiger charge is 2.22. The minimum absolute atomic E-state index is 0.0795. The van der Waals surface area contributed by atoms with Crippen molar-refractivity contribution in [1.29, 1.82) is 0 Å². The van der Waals surface area contributed by atoms with E-state index in [1.807, 2.05) is 0 Å². The van der Waals surface area contributed by atoms with Crippen molar-refractivity contribution in [3.05, 3.63) is 41.6 Å². The van der Waals surface area contributed by atoms with Crippen LogP contribution in [0.4, 0.5) is 5.69 Å². The molecular weight excluding hydrogens is 358 g/mol. The molecule has 4 rings (SSSR count). The molecule has 3 aromatic rings. The second-order valence-electron chi connectivity index (χ2n) is 7.42. The molecule has 146 valence electrons. The third-order valence-corrected chi connectivity index (χ3v) is 5.00. The van der Waals surface area contributed by atoms with Gasteiger partial charge in [-0.1, -0.05) is 13.8 Å². The number of carbonyl (C=O) groups is 1. The summed E-state index contributed by atoms with van der Waals surface area (Å²) in [7, 11) is 1.67. The SMILES string of the molecule is CC(C)CCc1n[nH]c2cc(O)c(C(=O)N(C)c3ccc4c(c3)OCO4)cc12. The maximum absolute atomic E-state index is 13.1. The number of phenolic OH excluding ortho intramolecular Hbond substituents is 1. The molecule has 7 nitrogen and oxygen atoms in total. The van der Waals surface area contributed by atoms with Crippen LogP contribution in [-0.2, 0) is 6.42 Å². The van der Waals surface area contributed by atoms with Gasteiger partial charge in [0, 0.05) is 30.3 Å². The summed E-state index contributed by atoms with van der Waals surface area (Å²) in [6, 6.07) is 8.58. The maximum Gasteiger partial charge on any atom is 0.261 e. The van der Waals surface area contributed by atoms with Crippen molar-refractivity contribution in [2.24, 2.45) is 5.92 Å². The van der Waals surface area contributed by atoms with E-state index in [0.29, 0.717) is 23.1 Å². The van der Waals surface area contributed by atoms with E-state index in [-0.39, 0.29) is 24.0 Å². The van der Waals surface area contributed by atoms with Crippen LogP contribution in [0, 0.1) is 5.92 Å². The molecule has 2 heterocycles. The highest BCUT2D eigenvalue weighted by molar-refractivity contribution is 6.09. The summed E-state index contributed by atoms with van der Waals surface area (Å²) < 4.78 is 10.7. The largest absolute Gasteiger partial charge is 0.507 e. The van der Waals surface area contributed by atoms with Crippen LogP contribution in [0.2, 0.25) is 0 Å². The lowest BCUT2D eigenvalue weighted by Crippen LogP contribution is -2.26. The van der Waals surface area contributed by atoms with Gasteiger partial charge in [-0.3, -0.25) is 9.89 Å². The van der Waals surface area contributed by atoms with Crippen LogP contribution in [0.5, 0.6) is 17.2 Å². The van der Waals surface area contributed by atoms with Gasteiger partial charge in [0.1, 0.15) is 5.75 Å². The Bertz CT molecular complexity index is 1040. The number of phenols is 1. The van der Waals surface area contributed by atoms with Crippen LogP contribution in [0.25, 0.3) is 10.9 Å². The predicted molar refractivity (Wildman–Crippen MR) is 106 cm³/mol. The molecule has 0 bridgehead atoms. The number of aryl methyl sites for hydroxylation is 1. The second-order valence-corrected chi connectivity index (χ2v) is 7.42. The van der Waals surface area contributed by atoms with Gasteiger partial charge in [0.05, 0.1) is 16.8 Å². The Morgan fingerprint density at radius 3 is 2.82 bits per heavy atom. The first-order valence-corrected chi connectivity index (χ1v) is 9.31. The molecule has 0 spiro atoms. The molecule has 0 radical (unpaired) electrons. The van der Waals surface area contributed by atoms with Crippen molar-refractivity contribution in [1.82, 2.24) is 10.2 Å². The highest BCUT2D eigenvalue weighted by Crippen LogP contribution is 2.36. The van der Waals surface area contributed by atoms with E-state index in [4.69, 9.17) is 9.47 Å². The third kappa shape index (κ3) is 3.24. The van der Waals surface area contributed by atoms with E-state index in [9.17, 15) is 9.90 Å². The summed E-state index contributed by atoms with van der Waals surface area (Å²) in [5.41, 5.74) is 2.52. The number of amides is 1. The Balaban J connectivity index is 1.66. The fraction of sp³-hybridized carbons (Fsp3) is 0.333. The number of hydrogen-bond acceptors (Lipinski definition) is 5. The van der Waals surface area contributed by atoms with Gasteiger partial charge in [0.15, 0.2) is 11.5 Å². The first kappa shape index (κ1) is 18.2. The molecule has 7 heteroatoms. The molecule has 2 aromatic carbocycles. The van der Waals surface area contributed by atoms with Crippen molar-refractivity contribution in [3.63, 3.8) is 0 Å². The maximum atomic E-state index is 13.1. The Morgan fingerprint density at radius 1 is 1.25 bits per heavy atom. The fourth-order valence-corrected chi connectivity index (χ4v) is 3.29. The van der Waals surface area contributed by atoms with Crippen LogP contribution in [-0.4, -0.2) is 35.1 Å². The molecule has 0 atom stereocenters. The predicted octanol–water partition coefficient (Wildman–Crippen LogP) is 3.86. The summed E-state index contributed by atoms with van der Waals surface area (Å²) in [6.07, 6.45) is 1.81. The summed E-state index contributed by atoms with van der Waals surface area (Å²) in [5, 5.41) is 18.6. The van der Waals surface area contributed by atoms with Gasteiger partial charge in [0.2, 0.25) is 6.79 Å². The zero-order valence-corrected chi connectivity index (χ0v) is 16.2. The molecule has 1 amide bonds. The number of carbonyl (C=O) groups excluding carboxylic acids is 1. The van der Waals surface area contributed by atoms with Gasteiger partial charge in [-0.15, -0.1) is 0 Å². The van der Waals surface area contributed by atoms with Crippen molar-refractivity contribution in [2.45, 2.75) is 26.7 Å². The number of nitrogens with zero attached hydrogens (tertiary/aromatic N) is 2. The molecule has 2 N–H and O–H groups in total. The standard InChI is InChI=1S/C21H23N3O4/c1-12(2)4-6-16-14-9-15(18(25)10-17(14)23-22-16)21(26)24(3)13-5-7-19-20(8-13)28-11-27-19/h5,7-10,12,25H,4,6,11H2,1-3H3,(H,22,23). The van der Waals surface area contributed by atoms with Crippen LogP contribution in [0.3, 0.4) is 0 Å². The Labute approximate surface area is 162 Å². The first-order chi connectivity index (χ1) is 13.4. The molecule has 1 aliphatic rings. The molecule has 28 heavy (non-hydrogen) atoms. The number of rotatable bonds is 5. The first-order valence-electron chi connectivity index (χ1n) is 9.31. The minimum atomic E-state index is -0.311. The zero-order valence-electron chi connectivity index (χ0n) is 16.2. The number of aromatic nitrogens is 2. The smallest absolute Gasteiger partial charge is 0.261 e. The van der Waals surface area contributed by atoms with Crippen LogP contribution in [0.15, 0.2) is 30.3 Å². The number of nitrogens with one attached hydrogen (secondary N) is 1. The zero-order chi connectivity index (χ0) is 19.8. The number of aromatic hydroxyl groups is 1. The van der Waals surface area contributed by atoms with Crippen molar-refractivity contribution >= 4 is 22.5 Å². The molecule has 0 aliphatic carbocycles. The van der Waals surface area contributed by atoms with E-state index >= 15 is 0 Å². The molecule has 0 saturated carbocycles. The van der Waals surface area contributed by atoms with Crippen molar-refractivity contribution in [2.75, 3.05) is 18.7 Å². The molecule has 1 aliphatic heterocycles. The number of benzene rings is 2. The third-order valence-electron chi connectivity index (χ3n) is 5.00. The molecule has 1 aromatic heterocycles. The molecular formula is C21H23N3O4. The minimum Gasteiger partial charge on any atom is -0.507 e. The molecule has 0 saturated heterocycles. The van der Waals surface area contributed by atoms with Crippen LogP contribution in [0.1, 0.15) is 36.3 Å². The van der Waals surface area contributed by atoms with Crippen LogP contribution < -0.4 is 14.4 Å². The number of hydrogen-bond donors (Lipinski definition) is 2. The van der Waals surface area contributed by atoms with E-state index in [1.165, 1.54) is 4.90 Å². The summed E-state index contributed by atoms with van der Waals surface area (Å²) in [4.78, 5) is 14.6. The number of fused-ring (bicyclic) bond motifs is 2. The number of ether oxygens (including phenoxy) is 2. The van der Waals surface area contributed by atoms with E-state index in [2.05, 4.69) is 24.0 Å². The van der Waals surface area contributed by atoms with E-state index in [0.717, 1.165) is 29.4 Å². The van der Waals surface area contributed by atoms with Gasteiger partial charge in [-0.2, -0.15) is 5.10 Å². The van der Waals surface area contributed by atoms with Crippen molar-refractivity contribution in [3.8, 4) is 17.2 Å². The molecule has 0 unspecified atom stereocenters.